The van der Waals surface area contributed by atoms with Crippen LogP contribution in [0.1, 0.15) is 31.6 Å². The summed E-state index contributed by atoms with van der Waals surface area (Å²) >= 11 is 0. The van der Waals surface area contributed by atoms with Crippen LogP contribution in [0.5, 0.6) is 5.75 Å². The van der Waals surface area contributed by atoms with E-state index >= 15 is 0 Å². The minimum Gasteiger partial charge on any atom is -0.489 e. The smallest absolute Gasteiger partial charge is 0.317 e. The van der Waals surface area contributed by atoms with Crippen LogP contribution in [-0.2, 0) is 11.3 Å². The zero-order valence-electron chi connectivity index (χ0n) is 15.7. The standard InChI is InChI=1S/C18H26N6O3/c1-14(17-22-20-13-24(17)10-11-26-2)21-18(25)23-8-5-15(6-9-23)27-16-4-3-7-19-12-16/h3-4,7,12-15H,5-6,8-11H2,1-2H3,(H,21,25)/t14-/m1/s1. The summed E-state index contributed by atoms with van der Waals surface area (Å²) < 4.78 is 12.9. The van der Waals surface area contributed by atoms with E-state index in [0.29, 0.717) is 26.2 Å². The second-order valence-electron chi connectivity index (χ2n) is 6.54. The number of likely N-dealkylation sites (tertiary alicyclic amines) is 1. The average molecular weight is 374 g/mol. The van der Waals surface area contributed by atoms with Gasteiger partial charge in [0.25, 0.3) is 0 Å². The second kappa shape index (κ2) is 9.31. The van der Waals surface area contributed by atoms with Crippen molar-refractivity contribution in [2.24, 2.45) is 0 Å². The molecule has 2 aromatic heterocycles. The first-order valence-corrected chi connectivity index (χ1v) is 9.16. The molecular weight excluding hydrogens is 348 g/mol. The Balaban J connectivity index is 1.47. The quantitative estimate of drug-likeness (QED) is 0.792. The molecule has 9 heteroatoms. The molecule has 1 aliphatic heterocycles. The van der Waals surface area contributed by atoms with E-state index in [0.717, 1.165) is 24.4 Å². The van der Waals surface area contributed by atoms with E-state index in [2.05, 4.69) is 20.5 Å². The highest BCUT2D eigenvalue weighted by Gasteiger charge is 2.25. The van der Waals surface area contributed by atoms with E-state index < -0.39 is 0 Å². The lowest BCUT2D eigenvalue weighted by atomic mass is 10.1. The Bertz CT molecular complexity index is 715. The molecule has 3 heterocycles. The second-order valence-corrected chi connectivity index (χ2v) is 6.54. The number of carbonyl (C=O) groups excluding carboxylic acids is 1. The van der Waals surface area contributed by atoms with E-state index in [1.165, 1.54) is 0 Å². The van der Waals surface area contributed by atoms with Crippen molar-refractivity contribution >= 4 is 6.03 Å². The van der Waals surface area contributed by atoms with E-state index in [9.17, 15) is 4.79 Å². The van der Waals surface area contributed by atoms with Crippen molar-refractivity contribution in [1.82, 2.24) is 30.0 Å². The number of aromatic nitrogens is 4. The minimum absolute atomic E-state index is 0.0939. The van der Waals surface area contributed by atoms with Crippen LogP contribution in [0.2, 0.25) is 0 Å². The van der Waals surface area contributed by atoms with Gasteiger partial charge in [-0.15, -0.1) is 10.2 Å². The Kier molecular flexibility index (Phi) is 6.59. The van der Waals surface area contributed by atoms with Gasteiger partial charge >= 0.3 is 6.03 Å². The molecule has 0 spiro atoms. The number of rotatable bonds is 7. The Morgan fingerprint density at radius 3 is 2.93 bits per heavy atom. The molecule has 1 saturated heterocycles. The van der Waals surface area contributed by atoms with Gasteiger partial charge in [0.15, 0.2) is 5.82 Å². The highest BCUT2D eigenvalue weighted by atomic mass is 16.5. The fourth-order valence-corrected chi connectivity index (χ4v) is 3.09. The van der Waals surface area contributed by atoms with Gasteiger partial charge in [-0.05, 0) is 19.1 Å². The number of urea groups is 1. The van der Waals surface area contributed by atoms with Crippen molar-refractivity contribution in [2.75, 3.05) is 26.8 Å². The summed E-state index contributed by atoms with van der Waals surface area (Å²) in [6, 6.07) is 3.42. The Morgan fingerprint density at radius 1 is 1.41 bits per heavy atom. The predicted molar refractivity (Wildman–Crippen MR) is 98.3 cm³/mol. The van der Waals surface area contributed by atoms with Crippen molar-refractivity contribution in [3.05, 3.63) is 36.7 Å². The number of hydrogen-bond donors (Lipinski definition) is 1. The normalized spacial score (nSPS) is 16.1. The molecule has 9 nitrogen and oxygen atoms in total. The third-order valence-corrected chi connectivity index (χ3v) is 4.58. The maximum Gasteiger partial charge on any atom is 0.317 e. The van der Waals surface area contributed by atoms with Gasteiger partial charge in [0, 0.05) is 45.8 Å². The average Bonchev–Trinajstić information content (AvgIpc) is 3.16. The van der Waals surface area contributed by atoms with Crippen LogP contribution in [0.4, 0.5) is 4.79 Å². The number of nitrogens with one attached hydrogen (secondary N) is 1. The summed E-state index contributed by atoms with van der Waals surface area (Å²) in [6.07, 6.45) is 6.77. The number of methoxy groups -OCH3 is 1. The topological polar surface area (TPSA) is 94.4 Å². The Hall–Kier alpha value is -2.68. The Morgan fingerprint density at radius 2 is 2.22 bits per heavy atom. The molecule has 1 fully saturated rings. The lowest BCUT2D eigenvalue weighted by molar-refractivity contribution is 0.109. The molecule has 0 radical (unpaired) electrons. The van der Waals surface area contributed by atoms with Gasteiger partial charge in [-0.3, -0.25) is 4.98 Å². The largest absolute Gasteiger partial charge is 0.489 e. The number of pyridine rings is 1. The fourth-order valence-electron chi connectivity index (χ4n) is 3.09. The van der Waals surface area contributed by atoms with Gasteiger partial charge in [-0.25, -0.2) is 4.79 Å². The monoisotopic (exact) mass is 374 g/mol. The van der Waals surface area contributed by atoms with Gasteiger partial charge in [0.2, 0.25) is 0 Å². The summed E-state index contributed by atoms with van der Waals surface area (Å²) in [7, 11) is 1.65. The summed E-state index contributed by atoms with van der Waals surface area (Å²) in [5.74, 6) is 1.49. The van der Waals surface area contributed by atoms with E-state index in [4.69, 9.17) is 9.47 Å². The molecular formula is C18H26N6O3. The predicted octanol–water partition coefficient (Wildman–Crippen LogP) is 1.63. The third kappa shape index (κ3) is 5.16. The van der Waals surface area contributed by atoms with Crippen LogP contribution in [0.3, 0.4) is 0 Å². The summed E-state index contributed by atoms with van der Waals surface area (Å²) in [4.78, 5) is 18.4. The molecule has 1 atom stereocenters. The summed E-state index contributed by atoms with van der Waals surface area (Å²) in [5, 5.41) is 11.1. The first kappa shape index (κ1) is 19.1. The zero-order valence-corrected chi connectivity index (χ0v) is 15.7. The molecule has 27 heavy (non-hydrogen) atoms. The maximum atomic E-state index is 12.6. The summed E-state index contributed by atoms with van der Waals surface area (Å²) in [6.45, 7) is 4.43. The van der Waals surface area contributed by atoms with Crippen LogP contribution < -0.4 is 10.1 Å². The van der Waals surface area contributed by atoms with Gasteiger partial charge in [-0.1, -0.05) is 0 Å². The number of piperidine rings is 1. The molecule has 1 N–H and O–H groups in total. The van der Waals surface area contributed by atoms with E-state index in [-0.39, 0.29) is 18.2 Å². The highest BCUT2D eigenvalue weighted by molar-refractivity contribution is 5.74. The first-order chi connectivity index (χ1) is 13.2. The van der Waals surface area contributed by atoms with Crippen molar-refractivity contribution in [3.63, 3.8) is 0 Å². The molecule has 146 valence electrons. The molecule has 2 aromatic rings. The Labute approximate surface area is 158 Å². The van der Waals surface area contributed by atoms with E-state index in [1.54, 1.807) is 25.8 Å². The van der Waals surface area contributed by atoms with Gasteiger partial charge < -0.3 is 24.3 Å². The molecule has 0 saturated carbocycles. The van der Waals surface area contributed by atoms with Crippen molar-refractivity contribution in [1.29, 1.82) is 0 Å². The van der Waals surface area contributed by atoms with Crippen LogP contribution in [0.15, 0.2) is 30.9 Å². The summed E-state index contributed by atoms with van der Waals surface area (Å²) in [5.41, 5.74) is 0. The highest BCUT2D eigenvalue weighted by Crippen LogP contribution is 2.18. The van der Waals surface area contributed by atoms with Gasteiger partial charge in [0.1, 0.15) is 18.2 Å². The van der Waals surface area contributed by atoms with Crippen molar-refractivity contribution in [3.8, 4) is 5.75 Å². The van der Waals surface area contributed by atoms with Crippen LogP contribution in [-0.4, -0.2) is 63.6 Å². The van der Waals surface area contributed by atoms with Gasteiger partial charge in [0.05, 0.1) is 18.8 Å². The molecule has 0 bridgehead atoms. The van der Waals surface area contributed by atoms with Crippen molar-refractivity contribution < 1.29 is 14.3 Å². The number of amides is 2. The van der Waals surface area contributed by atoms with Crippen LogP contribution in [0.25, 0.3) is 0 Å². The lowest BCUT2D eigenvalue weighted by Crippen LogP contribution is -2.47. The number of nitrogens with zero attached hydrogens (tertiary/aromatic N) is 5. The van der Waals surface area contributed by atoms with E-state index in [1.807, 2.05) is 28.5 Å². The van der Waals surface area contributed by atoms with Crippen molar-refractivity contribution in [2.45, 2.75) is 38.5 Å². The zero-order chi connectivity index (χ0) is 19.1. The first-order valence-electron chi connectivity index (χ1n) is 9.16. The minimum atomic E-state index is -0.235. The number of carbonyl (C=O) groups is 1. The molecule has 0 unspecified atom stereocenters. The van der Waals surface area contributed by atoms with Crippen LogP contribution in [0, 0.1) is 0 Å². The SMILES string of the molecule is COCCn1cnnc1[C@@H](C)NC(=O)N1CCC(Oc2cccnc2)CC1. The number of ether oxygens (including phenoxy) is 2. The maximum absolute atomic E-state index is 12.6. The molecule has 3 rings (SSSR count). The molecule has 0 aliphatic carbocycles. The molecule has 1 aliphatic rings. The van der Waals surface area contributed by atoms with Gasteiger partial charge in [-0.2, -0.15) is 0 Å². The number of hydrogen-bond acceptors (Lipinski definition) is 6. The fraction of sp³-hybridized carbons (Fsp3) is 0.556. The lowest BCUT2D eigenvalue weighted by Gasteiger charge is -2.32. The third-order valence-electron chi connectivity index (χ3n) is 4.58. The van der Waals surface area contributed by atoms with Crippen LogP contribution >= 0.6 is 0 Å². The molecule has 2 amide bonds. The molecule has 0 aromatic carbocycles.